The maximum atomic E-state index is 14.5. The van der Waals surface area contributed by atoms with Crippen molar-refractivity contribution in [3.63, 3.8) is 0 Å². The Morgan fingerprint density at radius 3 is 2.13 bits per heavy atom. The van der Waals surface area contributed by atoms with E-state index < -0.39 is 26.6 Å². The Hall–Kier alpha value is -2.91. The fourth-order valence-electron chi connectivity index (χ4n) is 3.64. The summed E-state index contributed by atoms with van der Waals surface area (Å²) in [6.07, 6.45) is 5.43. The highest BCUT2D eigenvalue weighted by Crippen LogP contribution is 2.25. The van der Waals surface area contributed by atoms with E-state index in [1.165, 1.54) is 27.8 Å². The van der Waals surface area contributed by atoms with Crippen molar-refractivity contribution in [1.29, 1.82) is 0 Å². The third-order valence-corrected chi connectivity index (χ3v) is 7.17. The average Bonchev–Trinajstić information content (AvgIpc) is 3.48. The van der Waals surface area contributed by atoms with Gasteiger partial charge in [-0.1, -0.05) is 6.42 Å². The van der Waals surface area contributed by atoms with E-state index in [4.69, 9.17) is 8.83 Å². The minimum Gasteiger partial charge on any atom is -0.467 e. The number of carbonyl (C=O) groups is 1. The van der Waals surface area contributed by atoms with E-state index in [9.17, 15) is 17.6 Å². The van der Waals surface area contributed by atoms with Crippen molar-refractivity contribution < 1.29 is 26.4 Å². The van der Waals surface area contributed by atoms with Crippen LogP contribution in [-0.2, 0) is 23.1 Å². The Labute approximate surface area is 180 Å². The number of hydrogen-bond donors (Lipinski definition) is 0. The molecule has 1 aliphatic heterocycles. The summed E-state index contributed by atoms with van der Waals surface area (Å²) in [7, 11) is -4.02. The van der Waals surface area contributed by atoms with Crippen molar-refractivity contribution >= 4 is 15.9 Å². The van der Waals surface area contributed by atoms with E-state index in [2.05, 4.69) is 0 Å². The zero-order valence-electron chi connectivity index (χ0n) is 16.9. The average molecular weight is 447 g/mol. The summed E-state index contributed by atoms with van der Waals surface area (Å²) in [6, 6.07) is 10.3. The number of sulfonamides is 1. The first-order valence-electron chi connectivity index (χ1n) is 10.1. The van der Waals surface area contributed by atoms with Gasteiger partial charge in [-0.15, -0.1) is 0 Å². The molecule has 7 nitrogen and oxygen atoms in total. The van der Waals surface area contributed by atoms with E-state index in [0.717, 1.165) is 31.4 Å². The minimum atomic E-state index is -4.02. The summed E-state index contributed by atoms with van der Waals surface area (Å²) in [5.41, 5.74) is 0.0788. The summed E-state index contributed by atoms with van der Waals surface area (Å²) in [4.78, 5) is 14.3. The van der Waals surface area contributed by atoms with Gasteiger partial charge in [-0.2, -0.15) is 4.31 Å². The molecule has 4 rings (SSSR count). The van der Waals surface area contributed by atoms with Crippen LogP contribution in [0.25, 0.3) is 0 Å². The summed E-state index contributed by atoms with van der Waals surface area (Å²) in [6.45, 7) is 1.00. The van der Waals surface area contributed by atoms with Crippen LogP contribution in [0, 0.1) is 5.82 Å². The van der Waals surface area contributed by atoms with Crippen LogP contribution in [0.5, 0.6) is 0 Å². The molecule has 3 heterocycles. The Kier molecular flexibility index (Phi) is 6.24. The lowest BCUT2D eigenvalue weighted by molar-refractivity contribution is 0.0704. The quantitative estimate of drug-likeness (QED) is 0.547. The van der Waals surface area contributed by atoms with E-state index in [1.54, 1.807) is 24.3 Å². The third-order valence-electron chi connectivity index (χ3n) is 5.25. The van der Waals surface area contributed by atoms with Gasteiger partial charge in [0.15, 0.2) is 0 Å². The van der Waals surface area contributed by atoms with E-state index in [0.29, 0.717) is 24.6 Å². The first-order valence-corrected chi connectivity index (χ1v) is 11.5. The van der Waals surface area contributed by atoms with Crippen molar-refractivity contribution in [2.75, 3.05) is 13.1 Å². The van der Waals surface area contributed by atoms with Crippen molar-refractivity contribution in [1.82, 2.24) is 9.21 Å². The zero-order chi connectivity index (χ0) is 21.8. The van der Waals surface area contributed by atoms with Crippen LogP contribution in [0.3, 0.4) is 0 Å². The molecule has 1 aromatic carbocycles. The van der Waals surface area contributed by atoms with Crippen LogP contribution in [0.2, 0.25) is 0 Å². The SMILES string of the molecule is O=C(c1ccc(F)c(S(=O)(=O)N2CCCCC2)c1)N(Cc1ccco1)Cc1ccco1. The molecule has 0 spiro atoms. The Morgan fingerprint density at radius 2 is 1.58 bits per heavy atom. The second-order valence-corrected chi connectivity index (χ2v) is 9.34. The number of halogens is 1. The topological polar surface area (TPSA) is 84.0 Å². The van der Waals surface area contributed by atoms with Gasteiger partial charge < -0.3 is 13.7 Å². The molecular formula is C22H23FN2O5S. The first kappa shape index (κ1) is 21.3. The van der Waals surface area contributed by atoms with E-state index in [-0.39, 0.29) is 18.7 Å². The normalized spacial score (nSPS) is 15.1. The molecule has 3 aromatic rings. The van der Waals surface area contributed by atoms with Crippen molar-refractivity contribution in [3.05, 3.63) is 77.9 Å². The molecule has 31 heavy (non-hydrogen) atoms. The highest BCUT2D eigenvalue weighted by atomic mass is 32.2. The van der Waals surface area contributed by atoms with Gasteiger partial charge in [0.2, 0.25) is 10.0 Å². The molecule has 1 aliphatic rings. The van der Waals surface area contributed by atoms with E-state index in [1.807, 2.05) is 0 Å². The molecule has 0 atom stereocenters. The number of furan rings is 2. The summed E-state index contributed by atoms with van der Waals surface area (Å²) >= 11 is 0. The Balaban J connectivity index is 1.64. The second-order valence-electron chi connectivity index (χ2n) is 7.43. The largest absolute Gasteiger partial charge is 0.467 e. The molecule has 164 valence electrons. The van der Waals surface area contributed by atoms with Crippen molar-refractivity contribution in [2.45, 2.75) is 37.2 Å². The Bertz CT molecular complexity index is 1080. The minimum absolute atomic E-state index is 0.0788. The number of rotatable bonds is 7. The summed E-state index contributed by atoms with van der Waals surface area (Å²) in [5.74, 6) is -0.208. The van der Waals surface area contributed by atoms with Crippen LogP contribution < -0.4 is 0 Å². The van der Waals surface area contributed by atoms with Gasteiger partial charge in [0, 0.05) is 18.7 Å². The number of benzene rings is 1. The molecule has 0 radical (unpaired) electrons. The van der Waals surface area contributed by atoms with Gasteiger partial charge in [0.25, 0.3) is 5.91 Å². The number of hydrogen-bond acceptors (Lipinski definition) is 5. The van der Waals surface area contributed by atoms with Crippen molar-refractivity contribution in [2.24, 2.45) is 0 Å². The van der Waals surface area contributed by atoms with Gasteiger partial charge in [0.05, 0.1) is 25.6 Å². The fourth-order valence-corrected chi connectivity index (χ4v) is 5.25. The standard InChI is InChI=1S/C22H23FN2O5S/c23-20-9-8-17(14-21(20)31(27,28)25-10-2-1-3-11-25)22(26)24(15-18-6-4-12-29-18)16-19-7-5-13-30-19/h4-9,12-14H,1-3,10-11,15-16H2. The predicted octanol–water partition coefficient (Wildman–Crippen LogP) is 4.03. The highest BCUT2D eigenvalue weighted by molar-refractivity contribution is 7.89. The number of carbonyl (C=O) groups excluding carboxylic acids is 1. The van der Waals surface area contributed by atoms with Crippen molar-refractivity contribution in [3.8, 4) is 0 Å². The Morgan fingerprint density at radius 1 is 0.968 bits per heavy atom. The molecule has 1 amide bonds. The highest BCUT2D eigenvalue weighted by Gasteiger charge is 2.30. The number of amides is 1. The molecule has 9 heteroatoms. The molecule has 2 aromatic heterocycles. The van der Waals surface area contributed by atoms with Crippen LogP contribution in [-0.4, -0.2) is 36.6 Å². The van der Waals surface area contributed by atoms with Gasteiger partial charge in [-0.25, -0.2) is 12.8 Å². The summed E-state index contributed by atoms with van der Waals surface area (Å²) < 4.78 is 52.5. The second kappa shape index (κ2) is 9.07. The number of piperidine rings is 1. The van der Waals surface area contributed by atoms with Crippen LogP contribution >= 0.6 is 0 Å². The molecule has 0 unspecified atom stereocenters. The van der Waals surface area contributed by atoms with Gasteiger partial charge in [-0.05, 0) is 55.3 Å². The van der Waals surface area contributed by atoms with Gasteiger partial charge in [0.1, 0.15) is 22.2 Å². The molecule has 0 saturated carbocycles. The van der Waals surface area contributed by atoms with Crippen LogP contribution in [0.1, 0.15) is 41.1 Å². The van der Waals surface area contributed by atoms with Gasteiger partial charge >= 0.3 is 0 Å². The summed E-state index contributed by atoms with van der Waals surface area (Å²) in [5, 5.41) is 0. The maximum absolute atomic E-state index is 14.5. The maximum Gasteiger partial charge on any atom is 0.254 e. The van der Waals surface area contributed by atoms with Crippen LogP contribution in [0.4, 0.5) is 4.39 Å². The first-order chi connectivity index (χ1) is 14.9. The molecule has 1 fully saturated rings. The van der Waals surface area contributed by atoms with Gasteiger partial charge in [-0.3, -0.25) is 4.79 Å². The lowest BCUT2D eigenvalue weighted by Gasteiger charge is -2.26. The fraction of sp³-hybridized carbons (Fsp3) is 0.318. The number of nitrogens with zero attached hydrogens (tertiary/aromatic N) is 2. The lowest BCUT2D eigenvalue weighted by atomic mass is 10.2. The van der Waals surface area contributed by atoms with Crippen LogP contribution in [0.15, 0.2) is 68.7 Å². The van der Waals surface area contributed by atoms with E-state index >= 15 is 0 Å². The third kappa shape index (κ3) is 4.72. The molecule has 1 saturated heterocycles. The molecular weight excluding hydrogens is 423 g/mol. The molecule has 0 aliphatic carbocycles. The smallest absolute Gasteiger partial charge is 0.254 e. The zero-order valence-corrected chi connectivity index (χ0v) is 17.7. The monoisotopic (exact) mass is 446 g/mol. The molecule has 0 N–H and O–H groups in total. The molecule has 0 bridgehead atoms. The lowest BCUT2D eigenvalue weighted by Crippen LogP contribution is -2.36. The predicted molar refractivity (Wildman–Crippen MR) is 110 cm³/mol.